The largest absolute Gasteiger partial charge is 0.481 e. The normalized spacial score (nSPS) is 10.3. The standard InChI is InChI=1S/C17H18N6O2/c1-11-20-16(23-22-11)13-4-3-5-14(9-13)21-17(24)19-10-12-6-7-18-15(8-12)25-2/h3-9H,10H2,1-2H3,(H2,19,21,24)(H,20,22,23). The molecule has 0 aliphatic rings. The van der Waals surface area contributed by atoms with Crippen LogP contribution in [0.4, 0.5) is 10.5 Å². The summed E-state index contributed by atoms with van der Waals surface area (Å²) in [6.07, 6.45) is 1.64. The Morgan fingerprint density at radius 1 is 1.28 bits per heavy atom. The fourth-order valence-electron chi connectivity index (χ4n) is 2.24. The van der Waals surface area contributed by atoms with E-state index in [1.165, 1.54) is 0 Å². The molecule has 1 aromatic carbocycles. The van der Waals surface area contributed by atoms with E-state index in [2.05, 4.69) is 30.8 Å². The van der Waals surface area contributed by atoms with Gasteiger partial charge in [-0.25, -0.2) is 14.8 Å². The Morgan fingerprint density at radius 3 is 2.92 bits per heavy atom. The average Bonchev–Trinajstić information content (AvgIpc) is 3.07. The third-order valence-electron chi connectivity index (χ3n) is 3.44. The van der Waals surface area contributed by atoms with Gasteiger partial charge in [-0.3, -0.25) is 5.10 Å². The maximum atomic E-state index is 12.1. The third kappa shape index (κ3) is 4.31. The predicted molar refractivity (Wildman–Crippen MR) is 93.2 cm³/mol. The number of aromatic amines is 1. The molecule has 0 fully saturated rings. The van der Waals surface area contributed by atoms with Crippen LogP contribution >= 0.6 is 0 Å². The molecular weight excluding hydrogens is 320 g/mol. The van der Waals surface area contributed by atoms with E-state index in [9.17, 15) is 4.79 Å². The first-order valence-corrected chi connectivity index (χ1v) is 7.67. The maximum Gasteiger partial charge on any atom is 0.319 e. The fraction of sp³-hybridized carbons (Fsp3) is 0.176. The fourth-order valence-corrected chi connectivity index (χ4v) is 2.24. The number of aryl methyl sites for hydroxylation is 1. The van der Waals surface area contributed by atoms with Gasteiger partial charge in [0.1, 0.15) is 5.82 Å². The highest BCUT2D eigenvalue weighted by atomic mass is 16.5. The lowest BCUT2D eigenvalue weighted by Gasteiger charge is -2.09. The van der Waals surface area contributed by atoms with Gasteiger partial charge in [-0.2, -0.15) is 5.10 Å². The quantitative estimate of drug-likeness (QED) is 0.663. The summed E-state index contributed by atoms with van der Waals surface area (Å²) >= 11 is 0. The van der Waals surface area contributed by atoms with Crippen molar-refractivity contribution < 1.29 is 9.53 Å². The number of nitrogens with zero attached hydrogens (tertiary/aromatic N) is 3. The maximum absolute atomic E-state index is 12.1. The number of hydrogen-bond donors (Lipinski definition) is 3. The van der Waals surface area contributed by atoms with Crippen LogP contribution in [-0.2, 0) is 6.54 Å². The number of hydrogen-bond acceptors (Lipinski definition) is 5. The van der Waals surface area contributed by atoms with Gasteiger partial charge in [-0.05, 0) is 30.7 Å². The molecule has 25 heavy (non-hydrogen) atoms. The summed E-state index contributed by atoms with van der Waals surface area (Å²) < 4.78 is 5.06. The molecule has 3 aromatic rings. The molecule has 0 saturated heterocycles. The van der Waals surface area contributed by atoms with E-state index in [1.807, 2.05) is 31.2 Å². The molecule has 3 N–H and O–H groups in total. The van der Waals surface area contributed by atoms with Gasteiger partial charge in [0.05, 0.1) is 7.11 Å². The van der Waals surface area contributed by atoms with E-state index in [-0.39, 0.29) is 6.03 Å². The molecule has 0 atom stereocenters. The van der Waals surface area contributed by atoms with Crippen molar-refractivity contribution >= 4 is 11.7 Å². The number of benzene rings is 1. The van der Waals surface area contributed by atoms with Crippen molar-refractivity contribution in [3.05, 3.63) is 54.0 Å². The molecule has 2 heterocycles. The minimum Gasteiger partial charge on any atom is -0.481 e. The van der Waals surface area contributed by atoms with Gasteiger partial charge in [0.15, 0.2) is 5.82 Å². The van der Waals surface area contributed by atoms with Crippen molar-refractivity contribution in [2.24, 2.45) is 0 Å². The molecule has 0 spiro atoms. The van der Waals surface area contributed by atoms with Gasteiger partial charge in [-0.15, -0.1) is 0 Å². The van der Waals surface area contributed by atoms with Crippen LogP contribution in [0, 0.1) is 6.92 Å². The minimum absolute atomic E-state index is 0.306. The Balaban J connectivity index is 1.61. The number of ether oxygens (including phenoxy) is 1. The monoisotopic (exact) mass is 338 g/mol. The first-order chi connectivity index (χ1) is 12.1. The molecule has 0 bridgehead atoms. The van der Waals surface area contributed by atoms with Gasteiger partial charge >= 0.3 is 6.03 Å². The van der Waals surface area contributed by atoms with Gasteiger partial charge in [0.2, 0.25) is 5.88 Å². The second-order valence-corrected chi connectivity index (χ2v) is 5.34. The van der Waals surface area contributed by atoms with Gasteiger partial charge in [-0.1, -0.05) is 12.1 Å². The van der Waals surface area contributed by atoms with Crippen LogP contribution in [0.15, 0.2) is 42.6 Å². The van der Waals surface area contributed by atoms with E-state index < -0.39 is 0 Å². The summed E-state index contributed by atoms with van der Waals surface area (Å²) in [5, 5.41) is 12.5. The number of carbonyl (C=O) groups is 1. The van der Waals surface area contributed by atoms with Crippen LogP contribution in [0.5, 0.6) is 5.88 Å². The van der Waals surface area contributed by atoms with Crippen LogP contribution in [0.2, 0.25) is 0 Å². The number of rotatable bonds is 5. The average molecular weight is 338 g/mol. The van der Waals surface area contributed by atoms with Crippen LogP contribution in [0.3, 0.4) is 0 Å². The molecular formula is C17H18N6O2. The van der Waals surface area contributed by atoms with Gasteiger partial charge in [0, 0.05) is 30.1 Å². The summed E-state index contributed by atoms with van der Waals surface area (Å²) in [5.74, 6) is 1.83. The number of H-pyrrole nitrogens is 1. The number of urea groups is 1. The second-order valence-electron chi connectivity index (χ2n) is 5.34. The number of methoxy groups -OCH3 is 1. The van der Waals surface area contributed by atoms with Crippen LogP contribution < -0.4 is 15.4 Å². The molecule has 8 heteroatoms. The van der Waals surface area contributed by atoms with Crippen molar-refractivity contribution in [3.8, 4) is 17.3 Å². The predicted octanol–water partition coefficient (Wildman–Crippen LogP) is 2.51. The van der Waals surface area contributed by atoms with Crippen molar-refractivity contribution in [3.63, 3.8) is 0 Å². The zero-order chi connectivity index (χ0) is 17.6. The van der Waals surface area contributed by atoms with E-state index in [1.54, 1.807) is 25.4 Å². The van der Waals surface area contributed by atoms with E-state index in [0.29, 0.717) is 23.9 Å². The van der Waals surface area contributed by atoms with Crippen LogP contribution in [0.1, 0.15) is 11.4 Å². The lowest BCUT2D eigenvalue weighted by Crippen LogP contribution is -2.28. The Hall–Kier alpha value is -3.42. The van der Waals surface area contributed by atoms with E-state index in [4.69, 9.17) is 4.74 Å². The first-order valence-electron chi connectivity index (χ1n) is 7.67. The van der Waals surface area contributed by atoms with Gasteiger partial charge in [0.25, 0.3) is 0 Å². The SMILES string of the molecule is COc1cc(CNC(=O)Nc2cccc(-c3n[nH]c(C)n3)c2)ccn1. The number of carbonyl (C=O) groups excluding carboxylic acids is 1. The van der Waals surface area contributed by atoms with Crippen molar-refractivity contribution in [1.82, 2.24) is 25.5 Å². The summed E-state index contributed by atoms with van der Waals surface area (Å²) in [6, 6.07) is 10.6. The first kappa shape index (κ1) is 16.4. The second kappa shape index (κ2) is 7.43. The smallest absolute Gasteiger partial charge is 0.319 e. The summed E-state index contributed by atoms with van der Waals surface area (Å²) in [6.45, 7) is 2.20. The molecule has 8 nitrogen and oxygen atoms in total. The Bertz CT molecular complexity index is 877. The number of aromatic nitrogens is 4. The summed E-state index contributed by atoms with van der Waals surface area (Å²) in [4.78, 5) is 20.4. The third-order valence-corrected chi connectivity index (χ3v) is 3.44. The van der Waals surface area contributed by atoms with Crippen molar-refractivity contribution in [1.29, 1.82) is 0 Å². The molecule has 0 aliphatic heterocycles. The zero-order valence-electron chi connectivity index (χ0n) is 13.9. The molecule has 128 valence electrons. The van der Waals surface area contributed by atoms with E-state index >= 15 is 0 Å². The van der Waals surface area contributed by atoms with Gasteiger partial charge < -0.3 is 15.4 Å². The Morgan fingerprint density at radius 2 is 2.16 bits per heavy atom. The highest BCUT2D eigenvalue weighted by molar-refractivity contribution is 5.89. The number of nitrogens with one attached hydrogen (secondary N) is 3. The topological polar surface area (TPSA) is 105 Å². The molecule has 2 amide bonds. The minimum atomic E-state index is -0.306. The summed E-state index contributed by atoms with van der Waals surface area (Å²) in [5.41, 5.74) is 2.37. The number of pyridine rings is 1. The van der Waals surface area contributed by atoms with Crippen LogP contribution in [0.25, 0.3) is 11.4 Å². The highest BCUT2D eigenvalue weighted by Crippen LogP contribution is 2.19. The lowest BCUT2D eigenvalue weighted by molar-refractivity contribution is 0.251. The number of amides is 2. The molecule has 0 saturated carbocycles. The summed E-state index contributed by atoms with van der Waals surface area (Å²) in [7, 11) is 1.55. The Labute approximate surface area is 144 Å². The molecule has 0 aliphatic carbocycles. The van der Waals surface area contributed by atoms with E-state index in [0.717, 1.165) is 17.0 Å². The highest BCUT2D eigenvalue weighted by Gasteiger charge is 2.07. The zero-order valence-corrected chi connectivity index (χ0v) is 13.9. The number of anilines is 1. The molecule has 0 radical (unpaired) electrons. The Kier molecular flexibility index (Phi) is 4.89. The van der Waals surface area contributed by atoms with Crippen molar-refractivity contribution in [2.45, 2.75) is 13.5 Å². The lowest BCUT2D eigenvalue weighted by atomic mass is 10.2. The molecule has 2 aromatic heterocycles. The van der Waals surface area contributed by atoms with Crippen LogP contribution in [-0.4, -0.2) is 33.3 Å². The molecule has 3 rings (SSSR count). The molecule has 0 unspecified atom stereocenters. The van der Waals surface area contributed by atoms with Crippen molar-refractivity contribution in [2.75, 3.05) is 12.4 Å².